The van der Waals surface area contributed by atoms with Crippen molar-refractivity contribution < 1.29 is 13.2 Å². The summed E-state index contributed by atoms with van der Waals surface area (Å²) in [7, 11) is -3.52. The Labute approximate surface area is 120 Å². The SMILES string of the molecule is CCCOc1cc(S(=O)(=O)NC(C)CC)ccc1Cl. The summed E-state index contributed by atoms with van der Waals surface area (Å²) in [6.07, 6.45) is 1.56. The van der Waals surface area contributed by atoms with Crippen LogP contribution in [0, 0.1) is 0 Å². The molecule has 0 aliphatic carbocycles. The second-order valence-electron chi connectivity index (χ2n) is 4.37. The van der Waals surface area contributed by atoms with Crippen molar-refractivity contribution in [2.45, 2.75) is 44.6 Å². The molecule has 1 aromatic rings. The zero-order chi connectivity index (χ0) is 14.5. The van der Waals surface area contributed by atoms with Crippen LogP contribution in [0.1, 0.15) is 33.6 Å². The summed E-state index contributed by atoms with van der Waals surface area (Å²) < 4.78 is 32.3. The van der Waals surface area contributed by atoms with Crippen LogP contribution < -0.4 is 9.46 Å². The molecule has 0 spiro atoms. The van der Waals surface area contributed by atoms with Gasteiger partial charge >= 0.3 is 0 Å². The van der Waals surface area contributed by atoms with E-state index in [4.69, 9.17) is 16.3 Å². The molecule has 0 fully saturated rings. The van der Waals surface area contributed by atoms with Crippen LogP contribution in [-0.2, 0) is 10.0 Å². The van der Waals surface area contributed by atoms with Crippen molar-refractivity contribution in [1.82, 2.24) is 4.72 Å². The topological polar surface area (TPSA) is 55.4 Å². The molecule has 0 aliphatic rings. The van der Waals surface area contributed by atoms with Crippen molar-refractivity contribution in [3.8, 4) is 5.75 Å². The number of ether oxygens (including phenoxy) is 1. The molecule has 1 unspecified atom stereocenters. The van der Waals surface area contributed by atoms with Gasteiger partial charge in [-0.3, -0.25) is 0 Å². The van der Waals surface area contributed by atoms with Gasteiger partial charge in [0.15, 0.2) is 0 Å². The average molecular weight is 306 g/mol. The molecule has 19 heavy (non-hydrogen) atoms. The van der Waals surface area contributed by atoms with Crippen LogP contribution in [0.4, 0.5) is 0 Å². The van der Waals surface area contributed by atoms with E-state index in [0.717, 1.165) is 12.8 Å². The van der Waals surface area contributed by atoms with Gasteiger partial charge in [0.05, 0.1) is 16.5 Å². The van der Waals surface area contributed by atoms with E-state index in [1.165, 1.54) is 18.2 Å². The number of hydrogen-bond donors (Lipinski definition) is 1. The molecule has 0 bridgehead atoms. The van der Waals surface area contributed by atoms with Crippen molar-refractivity contribution >= 4 is 21.6 Å². The van der Waals surface area contributed by atoms with Crippen LogP contribution in [0.2, 0.25) is 5.02 Å². The standard InChI is InChI=1S/C13H20ClNO3S/c1-4-8-18-13-9-11(6-7-12(13)14)19(16,17)15-10(3)5-2/h6-7,9-10,15H,4-5,8H2,1-3H3. The second-order valence-corrected chi connectivity index (χ2v) is 6.49. The minimum atomic E-state index is -3.52. The lowest BCUT2D eigenvalue weighted by molar-refractivity contribution is 0.317. The molecule has 1 rings (SSSR count). The predicted octanol–water partition coefficient (Wildman–Crippen LogP) is 3.21. The molecule has 1 atom stereocenters. The zero-order valence-corrected chi connectivity index (χ0v) is 13.0. The molecular formula is C13H20ClNO3S. The number of halogens is 1. The van der Waals surface area contributed by atoms with Crippen molar-refractivity contribution in [2.75, 3.05) is 6.61 Å². The van der Waals surface area contributed by atoms with E-state index < -0.39 is 10.0 Å². The average Bonchev–Trinajstić information content (AvgIpc) is 2.36. The Bertz CT molecular complexity index is 517. The van der Waals surface area contributed by atoms with Crippen molar-refractivity contribution in [2.24, 2.45) is 0 Å². The summed E-state index contributed by atoms with van der Waals surface area (Å²) in [5.41, 5.74) is 0. The molecule has 0 radical (unpaired) electrons. The molecule has 0 saturated heterocycles. The number of nitrogens with one attached hydrogen (secondary N) is 1. The number of hydrogen-bond acceptors (Lipinski definition) is 3. The molecule has 4 nitrogen and oxygen atoms in total. The Morgan fingerprint density at radius 1 is 1.37 bits per heavy atom. The molecule has 6 heteroatoms. The minimum absolute atomic E-state index is 0.110. The molecule has 0 amide bonds. The summed E-state index contributed by atoms with van der Waals surface area (Å²) in [4.78, 5) is 0.170. The fraction of sp³-hybridized carbons (Fsp3) is 0.538. The van der Waals surface area contributed by atoms with Crippen LogP contribution in [0.25, 0.3) is 0 Å². The first-order chi connectivity index (χ1) is 8.90. The fourth-order valence-corrected chi connectivity index (χ4v) is 2.90. The van der Waals surface area contributed by atoms with E-state index in [1.54, 1.807) is 0 Å². The predicted molar refractivity (Wildman–Crippen MR) is 77.3 cm³/mol. The van der Waals surface area contributed by atoms with E-state index in [2.05, 4.69) is 4.72 Å². The normalized spacial score (nSPS) is 13.3. The summed E-state index contributed by atoms with van der Waals surface area (Å²) in [6, 6.07) is 4.37. The van der Waals surface area contributed by atoms with Gasteiger partial charge in [-0.2, -0.15) is 0 Å². The summed E-state index contributed by atoms with van der Waals surface area (Å²) in [5, 5.41) is 0.413. The van der Waals surface area contributed by atoms with E-state index in [9.17, 15) is 8.42 Å². The van der Waals surface area contributed by atoms with Gasteiger partial charge in [0, 0.05) is 12.1 Å². The van der Waals surface area contributed by atoms with Gasteiger partial charge in [-0.1, -0.05) is 25.4 Å². The first-order valence-electron chi connectivity index (χ1n) is 6.35. The Balaban J connectivity index is 3.00. The third kappa shape index (κ3) is 4.67. The van der Waals surface area contributed by atoms with E-state index in [0.29, 0.717) is 17.4 Å². The maximum atomic E-state index is 12.1. The Morgan fingerprint density at radius 2 is 2.05 bits per heavy atom. The van der Waals surface area contributed by atoms with Gasteiger partial charge in [-0.25, -0.2) is 13.1 Å². The third-order valence-corrected chi connectivity index (χ3v) is 4.54. The molecule has 0 saturated carbocycles. The largest absolute Gasteiger partial charge is 0.492 e. The fourth-order valence-electron chi connectivity index (χ4n) is 1.39. The highest BCUT2D eigenvalue weighted by atomic mass is 35.5. The van der Waals surface area contributed by atoms with E-state index in [1.807, 2.05) is 20.8 Å². The first kappa shape index (κ1) is 16.3. The Morgan fingerprint density at radius 3 is 2.63 bits per heavy atom. The molecule has 0 aromatic heterocycles. The van der Waals surface area contributed by atoms with Crippen LogP contribution >= 0.6 is 11.6 Å². The maximum Gasteiger partial charge on any atom is 0.240 e. The number of rotatable bonds is 7. The Hall–Kier alpha value is -0.780. The lowest BCUT2D eigenvalue weighted by Gasteiger charge is -2.13. The highest BCUT2D eigenvalue weighted by Gasteiger charge is 2.18. The molecule has 1 N–H and O–H groups in total. The minimum Gasteiger partial charge on any atom is -0.492 e. The van der Waals surface area contributed by atoms with Gasteiger partial charge in [-0.15, -0.1) is 0 Å². The molecule has 0 aliphatic heterocycles. The maximum absolute atomic E-state index is 12.1. The number of benzene rings is 1. The van der Waals surface area contributed by atoms with Crippen molar-refractivity contribution in [1.29, 1.82) is 0 Å². The van der Waals surface area contributed by atoms with Gasteiger partial charge in [0.1, 0.15) is 5.75 Å². The molecule has 0 heterocycles. The van der Waals surface area contributed by atoms with Gasteiger partial charge < -0.3 is 4.74 Å². The van der Waals surface area contributed by atoms with E-state index in [-0.39, 0.29) is 10.9 Å². The number of sulfonamides is 1. The van der Waals surface area contributed by atoms with Crippen LogP contribution in [0.15, 0.2) is 23.1 Å². The van der Waals surface area contributed by atoms with Crippen LogP contribution in [0.5, 0.6) is 5.75 Å². The van der Waals surface area contributed by atoms with Crippen LogP contribution in [-0.4, -0.2) is 21.1 Å². The highest BCUT2D eigenvalue weighted by molar-refractivity contribution is 7.89. The molecule has 1 aromatic carbocycles. The summed E-state index contributed by atoms with van der Waals surface area (Å²) >= 11 is 5.97. The van der Waals surface area contributed by atoms with Crippen molar-refractivity contribution in [3.05, 3.63) is 23.2 Å². The monoisotopic (exact) mass is 305 g/mol. The quantitative estimate of drug-likeness (QED) is 0.841. The molecule has 108 valence electrons. The van der Waals surface area contributed by atoms with Gasteiger partial charge in [0.2, 0.25) is 10.0 Å². The Kier molecular flexibility index (Phi) is 6.10. The lowest BCUT2D eigenvalue weighted by atomic mass is 10.3. The van der Waals surface area contributed by atoms with Gasteiger partial charge in [-0.05, 0) is 31.9 Å². The van der Waals surface area contributed by atoms with Crippen LogP contribution in [0.3, 0.4) is 0 Å². The lowest BCUT2D eigenvalue weighted by Crippen LogP contribution is -2.32. The molecular weight excluding hydrogens is 286 g/mol. The smallest absolute Gasteiger partial charge is 0.240 e. The summed E-state index contributed by atoms with van der Waals surface area (Å²) in [6.45, 7) is 6.22. The van der Waals surface area contributed by atoms with Crippen molar-refractivity contribution in [3.63, 3.8) is 0 Å². The second kappa shape index (κ2) is 7.12. The summed E-state index contributed by atoms with van der Waals surface area (Å²) in [5.74, 6) is 0.399. The third-order valence-electron chi connectivity index (χ3n) is 2.64. The zero-order valence-electron chi connectivity index (χ0n) is 11.4. The van der Waals surface area contributed by atoms with E-state index >= 15 is 0 Å². The first-order valence-corrected chi connectivity index (χ1v) is 8.21. The van der Waals surface area contributed by atoms with Gasteiger partial charge in [0.25, 0.3) is 0 Å². The highest BCUT2D eigenvalue weighted by Crippen LogP contribution is 2.27.